The van der Waals surface area contributed by atoms with E-state index in [0.717, 1.165) is 17.1 Å². The average Bonchev–Trinajstić information content (AvgIpc) is 2.61. The Morgan fingerprint density at radius 3 is 1.96 bits per heavy atom. The lowest BCUT2D eigenvalue weighted by Crippen LogP contribution is -2.35. The zero-order chi connectivity index (χ0) is 18.2. The zero-order valence-corrected chi connectivity index (χ0v) is 15.1. The van der Waals surface area contributed by atoms with Gasteiger partial charge in [-0.1, -0.05) is 12.1 Å². The van der Waals surface area contributed by atoms with Gasteiger partial charge in [-0.05, 0) is 62.7 Å². The Labute approximate surface area is 148 Å². The van der Waals surface area contributed by atoms with E-state index in [2.05, 4.69) is 5.32 Å². The summed E-state index contributed by atoms with van der Waals surface area (Å²) in [6.07, 6.45) is -0.446. The highest BCUT2D eigenvalue weighted by atomic mass is 16.5. The second kappa shape index (κ2) is 8.97. The van der Waals surface area contributed by atoms with Gasteiger partial charge in [0.2, 0.25) is 0 Å². The molecule has 1 N–H and O–H groups in total. The fourth-order valence-electron chi connectivity index (χ4n) is 2.20. The minimum Gasteiger partial charge on any atom is -0.497 e. The summed E-state index contributed by atoms with van der Waals surface area (Å²) in [6, 6.07) is 14.8. The molecule has 5 heteroatoms. The molecular weight excluding hydrogens is 318 g/mol. The summed E-state index contributed by atoms with van der Waals surface area (Å²) in [5, 5.41) is 2.87. The second-order valence-electron chi connectivity index (χ2n) is 5.96. The van der Waals surface area contributed by atoms with Crippen LogP contribution >= 0.6 is 0 Å². The predicted molar refractivity (Wildman–Crippen MR) is 97.1 cm³/mol. The summed E-state index contributed by atoms with van der Waals surface area (Å²) in [6.45, 7) is 6.13. The molecule has 0 aliphatic heterocycles. The maximum atomic E-state index is 12.2. The lowest BCUT2D eigenvalue weighted by Gasteiger charge is -2.15. The van der Waals surface area contributed by atoms with Gasteiger partial charge in [-0.2, -0.15) is 0 Å². The highest BCUT2D eigenvalue weighted by Crippen LogP contribution is 2.18. The largest absolute Gasteiger partial charge is 0.497 e. The van der Waals surface area contributed by atoms with Gasteiger partial charge in [0.15, 0.2) is 6.10 Å². The number of ether oxygens (including phenoxy) is 3. The van der Waals surface area contributed by atoms with E-state index in [1.54, 1.807) is 38.3 Å². The van der Waals surface area contributed by atoms with Crippen LogP contribution in [0.1, 0.15) is 26.3 Å². The number of nitrogens with one attached hydrogen (secondary N) is 1. The van der Waals surface area contributed by atoms with Gasteiger partial charge >= 0.3 is 0 Å². The van der Waals surface area contributed by atoms with Crippen molar-refractivity contribution < 1.29 is 19.0 Å². The van der Waals surface area contributed by atoms with Gasteiger partial charge in [0.05, 0.1) is 13.2 Å². The van der Waals surface area contributed by atoms with E-state index in [0.29, 0.717) is 12.3 Å². The van der Waals surface area contributed by atoms with Gasteiger partial charge in [0, 0.05) is 6.54 Å². The average molecular weight is 343 g/mol. The Morgan fingerprint density at radius 1 is 0.880 bits per heavy atom. The Hall–Kier alpha value is -2.69. The fraction of sp³-hybridized carbons (Fsp3) is 0.350. The molecule has 5 nitrogen and oxygen atoms in total. The first-order valence-electron chi connectivity index (χ1n) is 8.32. The first-order valence-corrected chi connectivity index (χ1v) is 8.32. The van der Waals surface area contributed by atoms with Crippen LogP contribution in [-0.2, 0) is 11.3 Å². The summed E-state index contributed by atoms with van der Waals surface area (Å²) in [7, 11) is 1.60. The summed E-state index contributed by atoms with van der Waals surface area (Å²) < 4.78 is 16.3. The topological polar surface area (TPSA) is 56.8 Å². The van der Waals surface area contributed by atoms with E-state index in [9.17, 15) is 4.79 Å². The van der Waals surface area contributed by atoms with E-state index in [1.807, 2.05) is 38.1 Å². The number of benzene rings is 2. The van der Waals surface area contributed by atoms with Crippen molar-refractivity contribution in [2.45, 2.75) is 39.5 Å². The maximum Gasteiger partial charge on any atom is 0.261 e. The zero-order valence-electron chi connectivity index (χ0n) is 15.1. The van der Waals surface area contributed by atoms with Crippen LogP contribution in [0.5, 0.6) is 17.2 Å². The number of rotatable bonds is 8. The number of hydrogen-bond acceptors (Lipinski definition) is 4. The molecule has 0 fully saturated rings. The highest BCUT2D eigenvalue weighted by Gasteiger charge is 2.14. The van der Waals surface area contributed by atoms with Crippen LogP contribution in [0, 0.1) is 0 Å². The molecule has 25 heavy (non-hydrogen) atoms. The number of carbonyl (C=O) groups is 1. The van der Waals surface area contributed by atoms with Gasteiger partial charge in [-0.25, -0.2) is 0 Å². The Bertz CT molecular complexity index is 665. The monoisotopic (exact) mass is 343 g/mol. The highest BCUT2D eigenvalue weighted by molar-refractivity contribution is 5.80. The lowest BCUT2D eigenvalue weighted by molar-refractivity contribution is -0.127. The summed E-state index contributed by atoms with van der Waals surface area (Å²) >= 11 is 0. The molecule has 0 bridgehead atoms. The Kier molecular flexibility index (Phi) is 6.69. The van der Waals surface area contributed by atoms with Crippen molar-refractivity contribution in [1.29, 1.82) is 0 Å². The minimum absolute atomic E-state index is 0.140. The number of hydrogen-bond donors (Lipinski definition) is 1. The third kappa shape index (κ3) is 6.03. The SMILES string of the molecule is COc1ccc(OC(C)C(=O)NCc2ccc(OC(C)C)cc2)cc1. The number of carbonyl (C=O) groups excluding carboxylic acids is 1. The standard InChI is InChI=1S/C20H25NO4/c1-14(2)24-18-7-5-16(6-8-18)13-21-20(22)15(3)25-19-11-9-17(23-4)10-12-19/h5-12,14-15H,13H2,1-4H3,(H,21,22). The van der Waals surface area contributed by atoms with Crippen molar-refractivity contribution in [1.82, 2.24) is 5.32 Å². The van der Waals surface area contributed by atoms with E-state index in [4.69, 9.17) is 14.2 Å². The van der Waals surface area contributed by atoms with Gasteiger partial charge in [0.1, 0.15) is 17.2 Å². The van der Waals surface area contributed by atoms with Crippen molar-refractivity contribution in [3.05, 3.63) is 54.1 Å². The van der Waals surface area contributed by atoms with Crippen molar-refractivity contribution in [3.8, 4) is 17.2 Å². The maximum absolute atomic E-state index is 12.2. The first-order chi connectivity index (χ1) is 12.0. The van der Waals surface area contributed by atoms with Crippen molar-refractivity contribution >= 4 is 5.91 Å². The minimum atomic E-state index is -0.586. The molecule has 0 saturated carbocycles. The van der Waals surface area contributed by atoms with Gasteiger partial charge in [-0.3, -0.25) is 4.79 Å². The Balaban J connectivity index is 1.82. The van der Waals surface area contributed by atoms with Gasteiger partial charge in [-0.15, -0.1) is 0 Å². The lowest BCUT2D eigenvalue weighted by atomic mass is 10.2. The van der Waals surface area contributed by atoms with E-state index >= 15 is 0 Å². The molecule has 2 aromatic carbocycles. The predicted octanol–water partition coefficient (Wildman–Crippen LogP) is 3.57. The molecule has 0 aliphatic rings. The summed E-state index contributed by atoms with van der Waals surface area (Å²) in [4.78, 5) is 12.2. The molecule has 2 rings (SSSR count). The van der Waals surface area contributed by atoms with Crippen LogP contribution in [-0.4, -0.2) is 25.2 Å². The van der Waals surface area contributed by atoms with Crippen LogP contribution in [0.4, 0.5) is 0 Å². The molecule has 0 aromatic heterocycles. The third-order valence-electron chi connectivity index (χ3n) is 3.50. The van der Waals surface area contributed by atoms with Crippen LogP contribution < -0.4 is 19.5 Å². The van der Waals surface area contributed by atoms with Crippen molar-refractivity contribution in [2.75, 3.05) is 7.11 Å². The molecule has 0 spiro atoms. The molecule has 1 atom stereocenters. The first kappa shape index (κ1) is 18.6. The molecule has 2 aromatic rings. The summed E-state index contributed by atoms with van der Waals surface area (Å²) in [5.41, 5.74) is 1.00. The van der Waals surface area contributed by atoms with Gasteiger partial charge < -0.3 is 19.5 Å². The third-order valence-corrected chi connectivity index (χ3v) is 3.50. The van der Waals surface area contributed by atoms with Crippen LogP contribution in [0.3, 0.4) is 0 Å². The molecule has 1 unspecified atom stereocenters. The molecule has 0 radical (unpaired) electrons. The quantitative estimate of drug-likeness (QED) is 0.796. The van der Waals surface area contributed by atoms with E-state index in [-0.39, 0.29) is 12.0 Å². The number of amides is 1. The van der Waals surface area contributed by atoms with Crippen molar-refractivity contribution in [3.63, 3.8) is 0 Å². The second-order valence-corrected chi connectivity index (χ2v) is 5.96. The smallest absolute Gasteiger partial charge is 0.261 e. The summed E-state index contributed by atoms with van der Waals surface area (Å²) in [5.74, 6) is 2.02. The molecule has 0 heterocycles. The molecule has 134 valence electrons. The molecule has 0 aliphatic carbocycles. The molecular formula is C20H25NO4. The van der Waals surface area contributed by atoms with E-state index in [1.165, 1.54) is 0 Å². The van der Waals surface area contributed by atoms with Crippen LogP contribution in [0.15, 0.2) is 48.5 Å². The number of methoxy groups -OCH3 is 1. The van der Waals surface area contributed by atoms with Crippen LogP contribution in [0.25, 0.3) is 0 Å². The molecule has 0 saturated heterocycles. The van der Waals surface area contributed by atoms with Gasteiger partial charge in [0.25, 0.3) is 5.91 Å². The van der Waals surface area contributed by atoms with E-state index < -0.39 is 6.10 Å². The van der Waals surface area contributed by atoms with Crippen molar-refractivity contribution in [2.24, 2.45) is 0 Å². The normalized spacial score (nSPS) is 11.7. The fourth-order valence-corrected chi connectivity index (χ4v) is 2.20. The van der Waals surface area contributed by atoms with Crippen LogP contribution in [0.2, 0.25) is 0 Å². The Morgan fingerprint density at radius 2 is 1.40 bits per heavy atom. The molecule has 1 amide bonds.